The predicted octanol–water partition coefficient (Wildman–Crippen LogP) is 4.68. The first-order valence-corrected chi connectivity index (χ1v) is 9.47. The second-order valence-electron chi connectivity index (χ2n) is 8.44. The van der Waals surface area contributed by atoms with Crippen molar-refractivity contribution in [1.82, 2.24) is 0 Å². The Morgan fingerprint density at radius 2 is 2.04 bits per heavy atom. The number of allylic oxidation sites excluding steroid dienone is 2. The molecule has 1 aromatic rings. The minimum absolute atomic E-state index is 0.183. The highest BCUT2D eigenvalue weighted by atomic mass is 16.5. The Labute approximate surface area is 154 Å². The molecule has 1 N–H and O–H groups in total. The molecule has 4 heteroatoms. The molecule has 25 heavy (non-hydrogen) atoms. The van der Waals surface area contributed by atoms with Crippen molar-refractivity contribution in [3.05, 3.63) is 34.9 Å². The van der Waals surface area contributed by atoms with Crippen molar-refractivity contribution in [3.63, 3.8) is 0 Å². The predicted molar refractivity (Wildman–Crippen MR) is 105 cm³/mol. The van der Waals surface area contributed by atoms with Crippen molar-refractivity contribution >= 4 is 15.7 Å². The summed E-state index contributed by atoms with van der Waals surface area (Å²) in [5, 5.41) is 9.85. The molecule has 3 rings (SSSR count). The zero-order valence-electron chi connectivity index (χ0n) is 15.9. The van der Waals surface area contributed by atoms with E-state index in [4.69, 9.17) is 20.4 Å². The molecule has 0 fully saturated rings. The van der Waals surface area contributed by atoms with Crippen molar-refractivity contribution in [2.45, 2.75) is 76.5 Å². The molecule has 2 unspecified atom stereocenters. The van der Waals surface area contributed by atoms with Crippen LogP contribution in [0.5, 0.6) is 11.5 Å². The molecule has 1 aromatic carbocycles. The minimum Gasteiger partial charge on any atom is -0.507 e. The number of fused-ring (bicyclic) bond motifs is 3. The maximum atomic E-state index is 10.8. The summed E-state index contributed by atoms with van der Waals surface area (Å²) < 4.78 is 6.34. The van der Waals surface area contributed by atoms with E-state index >= 15 is 0 Å². The van der Waals surface area contributed by atoms with Gasteiger partial charge in [0.05, 0.1) is 15.7 Å². The van der Waals surface area contributed by atoms with Gasteiger partial charge < -0.3 is 9.84 Å². The number of rotatable bonds is 4. The van der Waals surface area contributed by atoms with Crippen molar-refractivity contribution in [3.8, 4) is 11.5 Å². The first kappa shape index (κ1) is 18.5. The second-order valence-corrected chi connectivity index (χ2v) is 8.44. The van der Waals surface area contributed by atoms with Gasteiger partial charge in [-0.15, -0.1) is 0 Å². The van der Waals surface area contributed by atoms with Crippen LogP contribution in [0.25, 0.3) is 0 Å². The molecule has 130 valence electrons. The second kappa shape index (κ2) is 6.45. The lowest BCUT2D eigenvalue weighted by Crippen LogP contribution is -2.45. The van der Waals surface area contributed by atoms with Gasteiger partial charge in [0, 0.05) is 17.4 Å². The lowest BCUT2D eigenvalue weighted by molar-refractivity contribution is 0.0107. The molecule has 1 heterocycles. The third-order valence-corrected chi connectivity index (χ3v) is 5.95. The SMILES string of the molecule is [B]C([B])(CCCC)c1cc(O)c2c(c1)OC(C)(C)C1CCC(C)=CC21. The summed E-state index contributed by atoms with van der Waals surface area (Å²) in [7, 11) is 12.7. The molecule has 0 saturated heterocycles. The Balaban J connectivity index is 2.08. The van der Waals surface area contributed by atoms with Crippen LogP contribution in [-0.4, -0.2) is 26.4 Å². The fourth-order valence-corrected chi connectivity index (χ4v) is 4.41. The largest absolute Gasteiger partial charge is 0.507 e. The van der Waals surface area contributed by atoms with Crippen LogP contribution in [0, 0.1) is 5.92 Å². The molecule has 0 amide bonds. The van der Waals surface area contributed by atoms with E-state index in [1.54, 1.807) is 6.07 Å². The molecular formula is C21H28B2O2. The Kier molecular flexibility index (Phi) is 4.77. The number of benzene rings is 1. The molecule has 0 saturated carbocycles. The van der Waals surface area contributed by atoms with Crippen molar-refractivity contribution in [1.29, 1.82) is 0 Å². The number of hydrogen-bond donors (Lipinski definition) is 1. The Bertz CT molecular complexity index is 691. The van der Waals surface area contributed by atoms with Crippen LogP contribution in [0.2, 0.25) is 0 Å². The molecular weight excluding hydrogens is 306 g/mol. The van der Waals surface area contributed by atoms with E-state index in [0.29, 0.717) is 12.3 Å². The number of aromatic hydroxyl groups is 1. The number of phenolic OH excluding ortho intramolecular Hbond substituents is 1. The van der Waals surface area contributed by atoms with Gasteiger partial charge >= 0.3 is 0 Å². The van der Waals surface area contributed by atoms with Crippen molar-refractivity contribution in [2.24, 2.45) is 5.92 Å². The maximum Gasteiger partial charge on any atom is 0.127 e. The Morgan fingerprint density at radius 1 is 1.32 bits per heavy atom. The van der Waals surface area contributed by atoms with Crippen LogP contribution in [-0.2, 0) is 5.21 Å². The van der Waals surface area contributed by atoms with E-state index in [1.807, 2.05) is 6.07 Å². The summed E-state index contributed by atoms with van der Waals surface area (Å²) in [4.78, 5) is 0. The van der Waals surface area contributed by atoms with Crippen LogP contribution in [0.4, 0.5) is 0 Å². The van der Waals surface area contributed by atoms with E-state index in [0.717, 1.165) is 42.6 Å². The highest BCUT2D eigenvalue weighted by Gasteiger charge is 2.45. The molecule has 1 aliphatic heterocycles. The number of phenols is 1. The molecule has 1 aliphatic carbocycles. The number of hydrogen-bond acceptors (Lipinski definition) is 2. The van der Waals surface area contributed by atoms with Gasteiger partial charge in [0.2, 0.25) is 0 Å². The van der Waals surface area contributed by atoms with Crippen LogP contribution in [0.1, 0.15) is 76.8 Å². The van der Waals surface area contributed by atoms with Gasteiger partial charge in [-0.25, -0.2) is 0 Å². The van der Waals surface area contributed by atoms with Gasteiger partial charge in [-0.3, -0.25) is 0 Å². The highest BCUT2D eigenvalue weighted by molar-refractivity contribution is 6.40. The van der Waals surface area contributed by atoms with Crippen LogP contribution in [0.3, 0.4) is 0 Å². The van der Waals surface area contributed by atoms with Gasteiger partial charge in [-0.05, 0) is 45.7 Å². The summed E-state index contributed by atoms with van der Waals surface area (Å²) in [5.74, 6) is 1.52. The normalized spacial score (nSPS) is 24.7. The third-order valence-electron chi connectivity index (χ3n) is 5.95. The highest BCUT2D eigenvalue weighted by Crippen LogP contribution is 2.53. The summed E-state index contributed by atoms with van der Waals surface area (Å²) in [6, 6.07) is 3.69. The first-order valence-electron chi connectivity index (χ1n) is 9.47. The quantitative estimate of drug-likeness (QED) is 0.640. The number of unbranched alkanes of at least 4 members (excludes halogenated alkanes) is 1. The first-order chi connectivity index (χ1) is 11.7. The van der Waals surface area contributed by atoms with E-state index < -0.39 is 5.21 Å². The lowest BCUT2D eigenvalue weighted by Gasteiger charge is -2.47. The van der Waals surface area contributed by atoms with Gasteiger partial charge in [0.15, 0.2) is 0 Å². The molecule has 4 radical (unpaired) electrons. The zero-order valence-corrected chi connectivity index (χ0v) is 15.9. The minimum atomic E-state index is -0.953. The summed E-state index contributed by atoms with van der Waals surface area (Å²) >= 11 is 0. The molecule has 0 bridgehead atoms. The van der Waals surface area contributed by atoms with Crippen LogP contribution in [0.15, 0.2) is 23.8 Å². The fourth-order valence-electron chi connectivity index (χ4n) is 4.41. The monoisotopic (exact) mass is 334 g/mol. The van der Waals surface area contributed by atoms with Crippen molar-refractivity contribution in [2.75, 3.05) is 0 Å². The smallest absolute Gasteiger partial charge is 0.127 e. The van der Waals surface area contributed by atoms with Crippen molar-refractivity contribution < 1.29 is 9.84 Å². The molecule has 2 atom stereocenters. The van der Waals surface area contributed by atoms with Gasteiger partial charge in [0.25, 0.3) is 0 Å². The average Bonchev–Trinajstić information content (AvgIpc) is 2.51. The summed E-state index contributed by atoms with van der Waals surface area (Å²) in [5.41, 5.74) is 2.72. The van der Waals surface area contributed by atoms with E-state index in [2.05, 4.69) is 33.8 Å². The zero-order chi connectivity index (χ0) is 18.4. The van der Waals surface area contributed by atoms with Gasteiger partial charge in [0.1, 0.15) is 17.1 Å². The molecule has 2 aliphatic rings. The standard InChI is InChI=1S/C21H28B2O2/c1-5-6-9-21(22,23)14-11-17(24)19-15-10-13(2)7-8-16(15)20(3,4)25-18(19)12-14/h10-12,15-16,24H,5-9H2,1-4H3. The molecule has 0 aromatic heterocycles. The van der Waals surface area contributed by atoms with Crippen LogP contribution >= 0.6 is 0 Å². The summed E-state index contributed by atoms with van der Waals surface area (Å²) in [6.45, 7) is 8.56. The molecule has 2 nitrogen and oxygen atoms in total. The molecule has 0 spiro atoms. The van der Waals surface area contributed by atoms with E-state index in [-0.39, 0.29) is 17.3 Å². The van der Waals surface area contributed by atoms with Crippen LogP contribution < -0.4 is 4.74 Å². The Hall–Kier alpha value is -1.31. The third kappa shape index (κ3) is 3.37. The Morgan fingerprint density at radius 3 is 2.72 bits per heavy atom. The average molecular weight is 334 g/mol. The van der Waals surface area contributed by atoms with E-state index in [9.17, 15) is 5.11 Å². The topological polar surface area (TPSA) is 29.5 Å². The van der Waals surface area contributed by atoms with Gasteiger partial charge in [-0.2, -0.15) is 0 Å². The fraction of sp³-hybridized carbons (Fsp3) is 0.619. The maximum absolute atomic E-state index is 10.8. The summed E-state index contributed by atoms with van der Waals surface area (Å²) in [6.07, 6.45) is 7.12. The van der Waals surface area contributed by atoms with E-state index in [1.165, 1.54) is 5.57 Å². The number of ether oxygens (including phenoxy) is 1. The van der Waals surface area contributed by atoms with Gasteiger partial charge in [-0.1, -0.05) is 48.6 Å². The lowest BCUT2D eigenvalue weighted by atomic mass is 9.49.